The summed E-state index contributed by atoms with van der Waals surface area (Å²) in [5, 5.41) is 12.5. The summed E-state index contributed by atoms with van der Waals surface area (Å²) in [6, 6.07) is 18.6. The lowest BCUT2D eigenvalue weighted by Crippen LogP contribution is -1.92. The van der Waals surface area contributed by atoms with Crippen molar-refractivity contribution in [3.63, 3.8) is 0 Å². The minimum absolute atomic E-state index is 0.844. The largest absolute Gasteiger partial charge is 0.267 e. The van der Waals surface area contributed by atoms with Crippen molar-refractivity contribution in [2.24, 2.45) is 12.1 Å². The van der Waals surface area contributed by atoms with Gasteiger partial charge < -0.3 is 0 Å². The molecular formula is C22H17N5. The fraction of sp³-hybridized carbons (Fsp3) is 0.0455. The summed E-state index contributed by atoms with van der Waals surface area (Å²) < 4.78 is 3.65. The molecule has 0 radical (unpaired) electrons. The van der Waals surface area contributed by atoms with Gasteiger partial charge in [0.25, 0.3) is 0 Å². The van der Waals surface area contributed by atoms with Crippen molar-refractivity contribution >= 4 is 27.9 Å². The number of hydrogen-bond donors (Lipinski definition) is 0. The normalized spacial score (nSPS) is 11.7. The highest BCUT2D eigenvalue weighted by atomic mass is 15.3. The lowest BCUT2D eigenvalue weighted by Gasteiger charge is -2.06. The van der Waals surface area contributed by atoms with Crippen LogP contribution in [0.1, 0.15) is 5.69 Å². The van der Waals surface area contributed by atoms with Crippen molar-refractivity contribution in [3.8, 4) is 11.1 Å². The van der Waals surface area contributed by atoms with Gasteiger partial charge in [0.05, 0.1) is 11.7 Å². The Kier molecular flexibility index (Phi) is 3.57. The van der Waals surface area contributed by atoms with Gasteiger partial charge >= 0.3 is 0 Å². The summed E-state index contributed by atoms with van der Waals surface area (Å²) in [6.45, 7) is 0. The highest BCUT2D eigenvalue weighted by molar-refractivity contribution is 6.02. The van der Waals surface area contributed by atoms with Gasteiger partial charge in [-0.3, -0.25) is 9.67 Å². The maximum Gasteiger partial charge on any atom is 0.113 e. The molecule has 2 aromatic carbocycles. The second-order valence-corrected chi connectivity index (χ2v) is 6.46. The quantitative estimate of drug-likeness (QED) is 0.450. The van der Waals surface area contributed by atoms with E-state index in [1.54, 1.807) is 10.9 Å². The predicted molar refractivity (Wildman–Crippen MR) is 109 cm³/mol. The first-order valence-electron chi connectivity index (χ1n) is 8.77. The number of fused-ring (bicyclic) bond motifs is 2. The summed E-state index contributed by atoms with van der Waals surface area (Å²) in [5.41, 5.74) is 4.15. The van der Waals surface area contributed by atoms with Gasteiger partial charge in [-0.15, -0.1) is 0 Å². The minimum Gasteiger partial charge on any atom is -0.267 e. The number of rotatable bonds is 3. The van der Waals surface area contributed by atoms with Gasteiger partial charge in [0.2, 0.25) is 0 Å². The molecule has 0 amide bonds. The molecule has 5 heteroatoms. The van der Waals surface area contributed by atoms with E-state index < -0.39 is 0 Å². The summed E-state index contributed by atoms with van der Waals surface area (Å²) in [7, 11) is 1.95. The molecule has 5 aromatic rings. The van der Waals surface area contributed by atoms with Crippen LogP contribution in [0, 0.1) is 0 Å². The second-order valence-electron chi connectivity index (χ2n) is 6.46. The van der Waals surface area contributed by atoms with Gasteiger partial charge in [-0.1, -0.05) is 30.3 Å². The molecule has 27 heavy (non-hydrogen) atoms. The first kappa shape index (κ1) is 15.5. The van der Waals surface area contributed by atoms with Crippen LogP contribution in [-0.2, 0) is 7.05 Å². The van der Waals surface area contributed by atoms with Crippen LogP contribution in [0.4, 0.5) is 0 Å². The summed E-state index contributed by atoms with van der Waals surface area (Å²) >= 11 is 0. The van der Waals surface area contributed by atoms with E-state index in [2.05, 4.69) is 51.6 Å². The Morgan fingerprint density at radius 1 is 0.926 bits per heavy atom. The van der Waals surface area contributed by atoms with E-state index in [0.717, 1.165) is 33.1 Å². The van der Waals surface area contributed by atoms with Crippen molar-refractivity contribution in [3.05, 3.63) is 85.1 Å². The molecule has 0 N–H and O–H groups in total. The molecule has 5 nitrogen and oxygen atoms in total. The van der Waals surface area contributed by atoms with Gasteiger partial charge in [-0.05, 0) is 35.2 Å². The molecule has 0 spiro atoms. The lowest BCUT2D eigenvalue weighted by molar-refractivity contribution is 0.792. The number of aryl methyl sites for hydroxylation is 1. The molecule has 0 atom stereocenters. The molecule has 0 bridgehead atoms. The monoisotopic (exact) mass is 351 g/mol. The molecule has 130 valence electrons. The van der Waals surface area contributed by atoms with Gasteiger partial charge in [0, 0.05) is 48.2 Å². The molecular weight excluding hydrogens is 334 g/mol. The van der Waals surface area contributed by atoms with E-state index >= 15 is 0 Å². The number of benzene rings is 2. The van der Waals surface area contributed by atoms with Crippen molar-refractivity contribution in [2.75, 3.05) is 0 Å². The average molecular weight is 351 g/mol. The SMILES string of the molecule is Cn1nc(/C=N/n2cccc2)c2cc(-c3cncc4ccccc34)ccc21. The zero-order valence-corrected chi connectivity index (χ0v) is 14.8. The van der Waals surface area contributed by atoms with Crippen LogP contribution in [0.25, 0.3) is 32.8 Å². The van der Waals surface area contributed by atoms with Gasteiger partial charge in [-0.25, -0.2) is 4.68 Å². The summed E-state index contributed by atoms with van der Waals surface area (Å²) in [5.74, 6) is 0. The fourth-order valence-corrected chi connectivity index (χ4v) is 3.43. The Hall–Kier alpha value is -3.73. The van der Waals surface area contributed by atoms with Crippen LogP contribution in [0.3, 0.4) is 0 Å². The first-order chi connectivity index (χ1) is 13.3. The molecule has 0 saturated carbocycles. The number of pyridine rings is 1. The van der Waals surface area contributed by atoms with Crippen LogP contribution in [-0.4, -0.2) is 25.7 Å². The number of hydrogen-bond acceptors (Lipinski definition) is 3. The van der Waals surface area contributed by atoms with E-state index in [0.29, 0.717) is 0 Å². The number of aromatic nitrogens is 4. The van der Waals surface area contributed by atoms with Crippen LogP contribution in [0.15, 0.2) is 84.5 Å². The predicted octanol–water partition coefficient (Wildman–Crippen LogP) is 4.47. The maximum atomic E-state index is 4.62. The molecule has 3 aromatic heterocycles. The minimum atomic E-state index is 0.844. The van der Waals surface area contributed by atoms with Crippen molar-refractivity contribution in [1.29, 1.82) is 0 Å². The summed E-state index contributed by atoms with van der Waals surface area (Å²) in [6.07, 6.45) is 9.42. The number of nitrogens with zero attached hydrogens (tertiary/aromatic N) is 5. The second kappa shape index (κ2) is 6.21. The smallest absolute Gasteiger partial charge is 0.113 e. The summed E-state index contributed by atoms with van der Waals surface area (Å²) in [4.78, 5) is 4.42. The van der Waals surface area contributed by atoms with Crippen molar-refractivity contribution in [2.45, 2.75) is 0 Å². The topological polar surface area (TPSA) is 48.0 Å². The Morgan fingerprint density at radius 3 is 2.67 bits per heavy atom. The van der Waals surface area contributed by atoms with Crippen LogP contribution in [0.2, 0.25) is 0 Å². The van der Waals surface area contributed by atoms with Crippen LogP contribution < -0.4 is 0 Å². The lowest BCUT2D eigenvalue weighted by atomic mass is 9.99. The molecule has 0 aliphatic rings. The molecule has 5 rings (SSSR count). The molecule has 0 saturated heterocycles. The zero-order valence-electron chi connectivity index (χ0n) is 14.8. The zero-order chi connectivity index (χ0) is 18.2. The standard InChI is InChI=1S/C22H17N5/c1-26-22-9-8-16(20-14-23-13-17-6-2-3-7-18(17)20)12-19(22)21(25-26)15-24-27-10-4-5-11-27/h2-15H,1H3/b24-15+. The molecule has 3 heterocycles. The van der Waals surface area contributed by atoms with E-state index in [9.17, 15) is 0 Å². The Balaban J connectivity index is 1.67. The van der Waals surface area contributed by atoms with Crippen molar-refractivity contribution in [1.82, 2.24) is 19.4 Å². The van der Waals surface area contributed by atoms with E-state index in [-0.39, 0.29) is 0 Å². The molecule has 0 aliphatic carbocycles. The fourth-order valence-electron chi connectivity index (χ4n) is 3.43. The van der Waals surface area contributed by atoms with Crippen LogP contribution in [0.5, 0.6) is 0 Å². The third kappa shape index (κ3) is 2.69. The molecule has 0 aliphatic heterocycles. The average Bonchev–Trinajstić information content (AvgIpc) is 3.34. The van der Waals surface area contributed by atoms with E-state index in [1.807, 2.05) is 54.7 Å². The van der Waals surface area contributed by atoms with Crippen molar-refractivity contribution < 1.29 is 0 Å². The van der Waals surface area contributed by atoms with E-state index in [1.165, 1.54) is 5.39 Å². The Labute approximate surface area is 156 Å². The maximum absolute atomic E-state index is 4.62. The Morgan fingerprint density at radius 2 is 1.78 bits per heavy atom. The highest BCUT2D eigenvalue weighted by Gasteiger charge is 2.10. The highest BCUT2D eigenvalue weighted by Crippen LogP contribution is 2.30. The molecule has 0 fully saturated rings. The third-order valence-electron chi connectivity index (χ3n) is 4.76. The Bertz CT molecular complexity index is 1270. The molecule has 0 unspecified atom stereocenters. The third-order valence-corrected chi connectivity index (χ3v) is 4.76. The van der Waals surface area contributed by atoms with Crippen LogP contribution >= 0.6 is 0 Å². The van der Waals surface area contributed by atoms with Gasteiger partial charge in [-0.2, -0.15) is 10.2 Å². The van der Waals surface area contributed by atoms with Gasteiger partial charge in [0.15, 0.2) is 0 Å². The van der Waals surface area contributed by atoms with Gasteiger partial charge in [0.1, 0.15) is 5.69 Å². The van der Waals surface area contributed by atoms with E-state index in [4.69, 9.17) is 0 Å². The first-order valence-corrected chi connectivity index (χ1v) is 8.77.